The number of hydrogen-bond donors (Lipinski definition) is 1. The molecule has 0 aliphatic heterocycles. The Morgan fingerprint density at radius 3 is 2.53 bits per heavy atom. The maximum absolute atomic E-state index is 13.5. The van der Waals surface area contributed by atoms with Crippen LogP contribution in [0.2, 0.25) is 0 Å². The molecule has 0 aromatic heterocycles. The van der Waals surface area contributed by atoms with Crippen molar-refractivity contribution < 1.29 is 13.5 Å². The number of hydrogen-bond acceptors (Lipinski definition) is 2. The number of benzene rings is 1. The van der Waals surface area contributed by atoms with Crippen LogP contribution in [0.25, 0.3) is 0 Å². The molecule has 0 saturated carbocycles. The first-order valence-electron chi connectivity index (χ1n) is 6.80. The predicted molar refractivity (Wildman–Crippen MR) is 73.1 cm³/mol. The molecule has 4 heteroatoms. The normalized spacial score (nSPS) is 12.9. The molecule has 108 valence electrons. The lowest BCUT2D eigenvalue weighted by Crippen LogP contribution is -2.21. The molecule has 0 bridgehead atoms. The first-order valence-corrected chi connectivity index (χ1v) is 6.80. The molecular weight excluding hydrogens is 248 g/mol. The Balaban J connectivity index is 2.25. The molecule has 0 aliphatic rings. The van der Waals surface area contributed by atoms with Crippen molar-refractivity contribution in [3.8, 4) is 0 Å². The summed E-state index contributed by atoms with van der Waals surface area (Å²) in [4.78, 5) is 0. The molecule has 0 saturated heterocycles. The van der Waals surface area contributed by atoms with E-state index in [0.717, 1.165) is 32.1 Å². The molecule has 0 aliphatic carbocycles. The highest BCUT2D eigenvalue weighted by Crippen LogP contribution is 2.17. The van der Waals surface area contributed by atoms with Crippen molar-refractivity contribution in [2.45, 2.75) is 45.8 Å². The van der Waals surface area contributed by atoms with Crippen molar-refractivity contribution >= 4 is 0 Å². The second-order valence-corrected chi connectivity index (χ2v) is 4.97. The van der Waals surface area contributed by atoms with Gasteiger partial charge in [0, 0.05) is 24.3 Å². The van der Waals surface area contributed by atoms with Gasteiger partial charge in [0.1, 0.15) is 11.6 Å². The van der Waals surface area contributed by atoms with Gasteiger partial charge in [0.2, 0.25) is 0 Å². The van der Waals surface area contributed by atoms with Crippen LogP contribution in [0.5, 0.6) is 0 Å². The van der Waals surface area contributed by atoms with Crippen molar-refractivity contribution in [2.24, 2.45) is 0 Å². The van der Waals surface area contributed by atoms with E-state index in [1.807, 2.05) is 20.8 Å². The van der Waals surface area contributed by atoms with E-state index in [2.05, 4.69) is 5.32 Å². The quantitative estimate of drug-likeness (QED) is 0.726. The zero-order valence-electron chi connectivity index (χ0n) is 11.9. The van der Waals surface area contributed by atoms with Gasteiger partial charge in [0.05, 0.1) is 6.10 Å². The van der Waals surface area contributed by atoms with E-state index >= 15 is 0 Å². The molecule has 0 radical (unpaired) electrons. The Hall–Kier alpha value is -1.00. The molecule has 0 spiro atoms. The van der Waals surface area contributed by atoms with Crippen LogP contribution in [0.15, 0.2) is 18.2 Å². The van der Waals surface area contributed by atoms with Gasteiger partial charge in [0.15, 0.2) is 0 Å². The van der Waals surface area contributed by atoms with Gasteiger partial charge in [-0.3, -0.25) is 0 Å². The third kappa shape index (κ3) is 6.12. The molecule has 2 nitrogen and oxygen atoms in total. The lowest BCUT2D eigenvalue weighted by Gasteiger charge is -2.15. The number of unbranched alkanes of at least 4 members (excludes halogenated alkanes) is 1. The number of ether oxygens (including phenoxy) is 1. The summed E-state index contributed by atoms with van der Waals surface area (Å²) in [6, 6.07) is 3.58. The zero-order valence-corrected chi connectivity index (χ0v) is 11.9. The highest BCUT2D eigenvalue weighted by Gasteiger charge is 2.10. The van der Waals surface area contributed by atoms with Crippen LogP contribution in [-0.2, 0) is 4.74 Å². The van der Waals surface area contributed by atoms with Gasteiger partial charge in [-0.2, -0.15) is 0 Å². The summed E-state index contributed by atoms with van der Waals surface area (Å²) in [5.74, 6) is -1.04. The Kier molecular flexibility index (Phi) is 6.95. The molecule has 1 N–H and O–H groups in total. The van der Waals surface area contributed by atoms with Crippen LogP contribution in [0, 0.1) is 11.6 Å². The van der Waals surface area contributed by atoms with E-state index in [-0.39, 0.29) is 12.1 Å². The minimum absolute atomic E-state index is 0.119. The second kappa shape index (κ2) is 8.23. The van der Waals surface area contributed by atoms with Gasteiger partial charge in [-0.05, 0) is 46.2 Å². The highest BCUT2D eigenvalue weighted by atomic mass is 19.1. The summed E-state index contributed by atoms with van der Waals surface area (Å²) in [5, 5.41) is 3.23. The molecule has 1 aromatic rings. The van der Waals surface area contributed by atoms with E-state index in [1.165, 1.54) is 12.1 Å². The Labute approximate surface area is 114 Å². The Morgan fingerprint density at radius 1 is 1.16 bits per heavy atom. The maximum Gasteiger partial charge on any atom is 0.130 e. The fourth-order valence-electron chi connectivity index (χ4n) is 1.83. The number of nitrogens with one attached hydrogen (secondary N) is 1. The van der Waals surface area contributed by atoms with Crippen LogP contribution in [0.4, 0.5) is 8.78 Å². The topological polar surface area (TPSA) is 21.3 Å². The Morgan fingerprint density at radius 2 is 1.89 bits per heavy atom. The molecular formula is C15H23F2NO. The van der Waals surface area contributed by atoms with Crippen LogP contribution >= 0.6 is 0 Å². The lowest BCUT2D eigenvalue weighted by atomic mass is 10.1. The molecule has 1 unspecified atom stereocenters. The molecule has 0 fully saturated rings. The predicted octanol–water partition coefficient (Wildman–Crippen LogP) is 3.82. The number of rotatable bonds is 8. The lowest BCUT2D eigenvalue weighted by molar-refractivity contribution is 0.0759. The molecule has 0 amide bonds. The summed E-state index contributed by atoms with van der Waals surface area (Å²) in [7, 11) is 0. The third-order valence-corrected chi connectivity index (χ3v) is 2.90. The standard InChI is InChI=1S/C15H23F2NO/c1-11(2)19-9-5-4-8-18-12(3)14-7-6-13(16)10-15(14)17/h6-7,10-12,18H,4-5,8-9H2,1-3H3. The molecule has 1 atom stereocenters. The minimum Gasteiger partial charge on any atom is -0.379 e. The number of halogens is 2. The largest absolute Gasteiger partial charge is 0.379 e. The maximum atomic E-state index is 13.5. The van der Waals surface area contributed by atoms with Crippen LogP contribution < -0.4 is 5.32 Å². The van der Waals surface area contributed by atoms with Gasteiger partial charge in [-0.1, -0.05) is 6.07 Å². The summed E-state index contributed by atoms with van der Waals surface area (Å²) < 4.78 is 31.7. The van der Waals surface area contributed by atoms with Gasteiger partial charge < -0.3 is 10.1 Å². The summed E-state index contributed by atoms with van der Waals surface area (Å²) in [5.41, 5.74) is 0.500. The van der Waals surface area contributed by atoms with Crippen molar-refractivity contribution in [1.29, 1.82) is 0 Å². The van der Waals surface area contributed by atoms with Crippen molar-refractivity contribution in [1.82, 2.24) is 5.32 Å². The van der Waals surface area contributed by atoms with Gasteiger partial charge in [0.25, 0.3) is 0 Å². The van der Waals surface area contributed by atoms with Gasteiger partial charge in [-0.25, -0.2) is 8.78 Å². The van der Waals surface area contributed by atoms with Gasteiger partial charge in [-0.15, -0.1) is 0 Å². The van der Waals surface area contributed by atoms with Crippen LogP contribution in [0.3, 0.4) is 0 Å². The van der Waals surface area contributed by atoms with E-state index in [4.69, 9.17) is 4.74 Å². The van der Waals surface area contributed by atoms with E-state index in [9.17, 15) is 8.78 Å². The fraction of sp³-hybridized carbons (Fsp3) is 0.600. The van der Waals surface area contributed by atoms with E-state index in [1.54, 1.807) is 0 Å². The SMILES string of the molecule is CC(C)OCCCCNC(C)c1ccc(F)cc1F. The molecule has 19 heavy (non-hydrogen) atoms. The van der Waals surface area contributed by atoms with Crippen LogP contribution in [0.1, 0.15) is 45.2 Å². The first-order chi connectivity index (χ1) is 9.00. The van der Waals surface area contributed by atoms with E-state index in [0.29, 0.717) is 5.56 Å². The Bertz CT molecular complexity index is 382. The average Bonchev–Trinajstić information content (AvgIpc) is 2.32. The fourth-order valence-corrected chi connectivity index (χ4v) is 1.83. The summed E-state index contributed by atoms with van der Waals surface area (Å²) in [6.07, 6.45) is 2.21. The van der Waals surface area contributed by atoms with Crippen molar-refractivity contribution in [3.05, 3.63) is 35.4 Å². The first kappa shape index (κ1) is 16.1. The third-order valence-electron chi connectivity index (χ3n) is 2.90. The zero-order chi connectivity index (χ0) is 14.3. The average molecular weight is 271 g/mol. The smallest absolute Gasteiger partial charge is 0.130 e. The summed E-state index contributed by atoms with van der Waals surface area (Å²) >= 11 is 0. The highest BCUT2D eigenvalue weighted by molar-refractivity contribution is 5.21. The molecule has 0 heterocycles. The van der Waals surface area contributed by atoms with Crippen molar-refractivity contribution in [2.75, 3.05) is 13.2 Å². The minimum atomic E-state index is -0.542. The van der Waals surface area contributed by atoms with Crippen molar-refractivity contribution in [3.63, 3.8) is 0 Å². The van der Waals surface area contributed by atoms with E-state index < -0.39 is 11.6 Å². The van der Waals surface area contributed by atoms with Gasteiger partial charge >= 0.3 is 0 Å². The molecule has 1 aromatic carbocycles. The van der Waals surface area contributed by atoms with Crippen LogP contribution in [-0.4, -0.2) is 19.3 Å². The second-order valence-electron chi connectivity index (χ2n) is 4.97. The summed E-state index contributed by atoms with van der Waals surface area (Å²) in [6.45, 7) is 7.44. The molecule has 1 rings (SSSR count). The monoisotopic (exact) mass is 271 g/mol.